The second kappa shape index (κ2) is 9.35. The molecule has 1 amide bonds. The number of nitrogens with one attached hydrogen (secondary N) is 2. The van der Waals surface area contributed by atoms with Crippen molar-refractivity contribution >= 4 is 17.3 Å². The summed E-state index contributed by atoms with van der Waals surface area (Å²) in [5.74, 6) is 0.421. The number of carbonyl (C=O) groups is 1. The lowest BCUT2D eigenvalue weighted by molar-refractivity contribution is -0.129. The zero-order valence-corrected chi connectivity index (χ0v) is 18.3. The van der Waals surface area contributed by atoms with Gasteiger partial charge >= 0.3 is 0 Å². The first kappa shape index (κ1) is 21.8. The molecule has 0 unspecified atom stereocenters. The highest BCUT2D eigenvalue weighted by molar-refractivity contribution is 5.80. The lowest BCUT2D eigenvalue weighted by Crippen LogP contribution is -2.32. The van der Waals surface area contributed by atoms with Gasteiger partial charge in [0.2, 0.25) is 5.91 Å². The van der Waals surface area contributed by atoms with Crippen molar-refractivity contribution in [1.29, 1.82) is 0 Å². The summed E-state index contributed by atoms with van der Waals surface area (Å²) in [4.78, 5) is 26.2. The number of nitrogen functional groups attached to an aromatic ring is 1. The Morgan fingerprint density at radius 3 is 2.48 bits per heavy atom. The molecule has 0 aliphatic rings. The molecule has 0 bridgehead atoms. The number of anilines is 2. The minimum atomic E-state index is -0.337. The van der Waals surface area contributed by atoms with Crippen molar-refractivity contribution in [2.45, 2.75) is 13.1 Å². The van der Waals surface area contributed by atoms with Gasteiger partial charge in [-0.25, -0.2) is 5.10 Å². The summed E-state index contributed by atoms with van der Waals surface area (Å²) in [7, 11) is 3.29. The number of aromatic nitrogens is 5. The first-order valence-corrected chi connectivity index (χ1v) is 10.3. The molecule has 10 heteroatoms. The van der Waals surface area contributed by atoms with Gasteiger partial charge in [-0.15, -0.1) is 5.10 Å². The molecule has 168 valence electrons. The Balaban J connectivity index is 1.52. The van der Waals surface area contributed by atoms with Crippen LogP contribution in [0.2, 0.25) is 0 Å². The van der Waals surface area contributed by atoms with Crippen LogP contribution in [0.15, 0.2) is 65.6 Å². The summed E-state index contributed by atoms with van der Waals surface area (Å²) in [6.07, 6.45) is 1.53. The Morgan fingerprint density at radius 2 is 1.82 bits per heavy atom. The fourth-order valence-electron chi connectivity index (χ4n) is 3.38. The van der Waals surface area contributed by atoms with Crippen LogP contribution in [0.3, 0.4) is 0 Å². The second-order valence-corrected chi connectivity index (χ2v) is 7.71. The number of hydrogen-bond acceptors (Lipinski definition) is 7. The molecule has 0 saturated heterocycles. The van der Waals surface area contributed by atoms with Crippen molar-refractivity contribution in [2.24, 2.45) is 0 Å². The second-order valence-electron chi connectivity index (χ2n) is 7.71. The number of tetrazole rings is 1. The topological polar surface area (TPSA) is 135 Å². The summed E-state index contributed by atoms with van der Waals surface area (Å²) in [5, 5.41) is 17.2. The summed E-state index contributed by atoms with van der Waals surface area (Å²) < 4.78 is 1.35. The van der Waals surface area contributed by atoms with Gasteiger partial charge < -0.3 is 20.5 Å². The van der Waals surface area contributed by atoms with Crippen LogP contribution in [0.25, 0.3) is 22.5 Å². The normalized spacial score (nSPS) is 10.7. The van der Waals surface area contributed by atoms with E-state index in [0.29, 0.717) is 18.1 Å². The van der Waals surface area contributed by atoms with Crippen LogP contribution < -0.4 is 16.6 Å². The molecule has 2 aromatic heterocycles. The number of rotatable bonds is 7. The van der Waals surface area contributed by atoms with Gasteiger partial charge in [-0.3, -0.25) is 9.59 Å². The van der Waals surface area contributed by atoms with E-state index in [0.717, 1.165) is 22.3 Å². The van der Waals surface area contributed by atoms with E-state index in [4.69, 9.17) is 5.73 Å². The van der Waals surface area contributed by atoms with E-state index in [1.165, 1.54) is 15.7 Å². The maximum atomic E-state index is 12.8. The van der Waals surface area contributed by atoms with Crippen molar-refractivity contribution in [3.8, 4) is 22.5 Å². The molecule has 4 N–H and O–H groups in total. The van der Waals surface area contributed by atoms with Crippen LogP contribution in [-0.4, -0.2) is 50.1 Å². The van der Waals surface area contributed by atoms with Crippen LogP contribution in [0.4, 0.5) is 11.4 Å². The number of nitrogens with zero attached hydrogens (tertiary/aromatic N) is 5. The van der Waals surface area contributed by atoms with Crippen molar-refractivity contribution in [2.75, 3.05) is 25.1 Å². The number of H-pyrrole nitrogens is 1. The number of amides is 1. The molecule has 0 atom stereocenters. The SMILES string of the molecule is CN(C)C(=O)Cn1ccc(N)c(NCc2ccc(-c3ccccc3-c3nnn[nH]3)cc2)c1=O. The van der Waals surface area contributed by atoms with Gasteiger partial charge in [0.1, 0.15) is 12.2 Å². The number of nitrogens with two attached hydrogens (primary N) is 1. The third-order valence-corrected chi connectivity index (χ3v) is 5.26. The van der Waals surface area contributed by atoms with E-state index in [1.807, 2.05) is 48.5 Å². The highest BCUT2D eigenvalue weighted by Crippen LogP contribution is 2.29. The quantitative estimate of drug-likeness (QED) is 0.397. The number of pyridine rings is 1. The smallest absolute Gasteiger partial charge is 0.276 e. The maximum Gasteiger partial charge on any atom is 0.276 e. The average Bonchev–Trinajstić information content (AvgIpc) is 3.36. The van der Waals surface area contributed by atoms with Crippen LogP contribution in [0.1, 0.15) is 5.56 Å². The Morgan fingerprint density at radius 1 is 1.09 bits per heavy atom. The molecule has 2 aromatic carbocycles. The molecule has 33 heavy (non-hydrogen) atoms. The van der Waals surface area contributed by atoms with Crippen LogP contribution in [0, 0.1) is 0 Å². The molecule has 4 aromatic rings. The Hall–Kier alpha value is -4.47. The van der Waals surface area contributed by atoms with E-state index >= 15 is 0 Å². The van der Waals surface area contributed by atoms with Gasteiger partial charge in [0, 0.05) is 32.4 Å². The summed E-state index contributed by atoms with van der Waals surface area (Å²) >= 11 is 0. The standard InChI is InChI=1S/C23H24N8O2/c1-30(2)20(32)14-31-12-11-19(24)21(23(31)33)25-13-15-7-9-16(10-8-15)17-5-3-4-6-18(17)22-26-28-29-27-22/h3-12,25H,13-14,24H2,1-2H3,(H,26,27,28,29). The minimum absolute atomic E-state index is 0.0460. The first-order chi connectivity index (χ1) is 15.9. The number of aromatic amines is 1. The molecule has 0 radical (unpaired) electrons. The van der Waals surface area contributed by atoms with Crippen molar-refractivity contribution < 1.29 is 4.79 Å². The van der Waals surface area contributed by atoms with E-state index < -0.39 is 0 Å². The number of hydrogen-bond donors (Lipinski definition) is 3. The van der Waals surface area contributed by atoms with Gasteiger partial charge in [-0.2, -0.15) is 0 Å². The zero-order valence-electron chi connectivity index (χ0n) is 18.3. The molecule has 0 spiro atoms. The van der Waals surface area contributed by atoms with Crippen LogP contribution >= 0.6 is 0 Å². The highest BCUT2D eigenvalue weighted by atomic mass is 16.2. The predicted molar refractivity (Wildman–Crippen MR) is 126 cm³/mol. The van der Waals surface area contributed by atoms with E-state index in [1.54, 1.807) is 20.2 Å². The van der Waals surface area contributed by atoms with E-state index in [9.17, 15) is 9.59 Å². The summed E-state index contributed by atoms with van der Waals surface area (Å²) in [6.45, 7) is 0.356. The fourth-order valence-corrected chi connectivity index (χ4v) is 3.38. The number of likely N-dealkylation sites (N-methyl/N-ethyl adjacent to an activating group) is 1. The Labute approximate surface area is 190 Å². The Kier molecular flexibility index (Phi) is 6.16. The molecule has 2 heterocycles. The molecule has 0 saturated carbocycles. The largest absolute Gasteiger partial charge is 0.397 e. The zero-order chi connectivity index (χ0) is 23.4. The van der Waals surface area contributed by atoms with Gasteiger partial charge in [0.15, 0.2) is 5.82 Å². The third kappa shape index (κ3) is 4.74. The molecule has 10 nitrogen and oxygen atoms in total. The van der Waals surface area contributed by atoms with Crippen molar-refractivity contribution in [3.05, 3.63) is 76.7 Å². The van der Waals surface area contributed by atoms with Gasteiger partial charge in [0.25, 0.3) is 5.56 Å². The van der Waals surface area contributed by atoms with E-state index in [-0.39, 0.29) is 23.7 Å². The molecule has 0 aliphatic heterocycles. The number of carbonyl (C=O) groups excluding carboxylic acids is 1. The summed E-state index contributed by atoms with van der Waals surface area (Å²) in [6, 6.07) is 17.4. The lowest BCUT2D eigenvalue weighted by Gasteiger charge is -2.15. The van der Waals surface area contributed by atoms with Gasteiger partial charge in [0.05, 0.1) is 5.69 Å². The Bertz CT molecular complexity index is 1310. The van der Waals surface area contributed by atoms with Gasteiger partial charge in [-0.05, 0) is 33.2 Å². The summed E-state index contributed by atoms with van der Waals surface area (Å²) in [5.41, 5.74) is 10.2. The fraction of sp³-hybridized carbons (Fsp3) is 0.174. The molecule has 0 fully saturated rings. The monoisotopic (exact) mass is 444 g/mol. The van der Waals surface area contributed by atoms with Crippen molar-refractivity contribution in [1.82, 2.24) is 30.1 Å². The van der Waals surface area contributed by atoms with Crippen molar-refractivity contribution in [3.63, 3.8) is 0 Å². The third-order valence-electron chi connectivity index (χ3n) is 5.26. The number of benzene rings is 2. The van der Waals surface area contributed by atoms with Crippen LogP contribution in [-0.2, 0) is 17.9 Å². The predicted octanol–water partition coefficient (Wildman–Crippen LogP) is 1.98. The van der Waals surface area contributed by atoms with Crippen LogP contribution in [0.5, 0.6) is 0 Å². The first-order valence-electron chi connectivity index (χ1n) is 10.3. The molecule has 0 aliphatic carbocycles. The average molecular weight is 444 g/mol. The van der Waals surface area contributed by atoms with E-state index in [2.05, 4.69) is 25.9 Å². The molecular formula is C23H24N8O2. The maximum absolute atomic E-state index is 12.8. The van der Waals surface area contributed by atoms with Gasteiger partial charge in [-0.1, -0.05) is 48.5 Å². The molecule has 4 rings (SSSR count). The molecular weight excluding hydrogens is 420 g/mol. The lowest BCUT2D eigenvalue weighted by atomic mass is 9.98. The minimum Gasteiger partial charge on any atom is -0.397 e. The highest BCUT2D eigenvalue weighted by Gasteiger charge is 2.13.